The molecule has 1 heterocycles. The third kappa shape index (κ3) is 4.02. The molecule has 3 rings (SSSR count). The Labute approximate surface area is 161 Å². The van der Waals surface area contributed by atoms with Gasteiger partial charge in [0.2, 0.25) is 10.0 Å². The highest BCUT2D eigenvalue weighted by atomic mass is 32.2. The fraction of sp³-hybridized carbons (Fsp3) is 0.167. The molecule has 9 nitrogen and oxygen atoms in total. The zero-order chi connectivity index (χ0) is 20.3. The molecule has 1 aromatic heterocycles. The molecule has 0 radical (unpaired) electrons. The molecule has 0 unspecified atom stereocenters. The molecule has 146 valence electrons. The number of anilines is 1. The summed E-state index contributed by atoms with van der Waals surface area (Å²) >= 11 is 0. The van der Waals surface area contributed by atoms with Crippen molar-refractivity contribution in [3.8, 4) is 0 Å². The Morgan fingerprint density at radius 1 is 1.14 bits per heavy atom. The highest BCUT2D eigenvalue weighted by molar-refractivity contribution is 7.89. The third-order valence-corrected chi connectivity index (χ3v) is 5.71. The van der Waals surface area contributed by atoms with Crippen molar-refractivity contribution in [1.82, 2.24) is 14.5 Å². The number of ether oxygens (including phenoxy) is 1. The van der Waals surface area contributed by atoms with E-state index < -0.39 is 28.5 Å². The number of para-hydroxylation sites is 1. The molecule has 0 saturated carbocycles. The average Bonchev–Trinajstić information content (AvgIpc) is 3.10. The molecular weight excluding hydrogens is 384 g/mol. The molecule has 0 fully saturated rings. The Morgan fingerprint density at radius 3 is 2.64 bits per heavy atom. The molecular formula is C18H18N4O5S. The van der Waals surface area contributed by atoms with Gasteiger partial charge in [0.1, 0.15) is 0 Å². The molecule has 28 heavy (non-hydrogen) atoms. The first-order valence-electron chi connectivity index (χ1n) is 8.21. The van der Waals surface area contributed by atoms with Crippen LogP contribution in [0.2, 0.25) is 0 Å². The lowest BCUT2D eigenvalue weighted by atomic mass is 10.2. The number of benzene rings is 2. The zero-order valence-corrected chi connectivity index (χ0v) is 16.0. The maximum absolute atomic E-state index is 12.2. The van der Waals surface area contributed by atoms with E-state index in [0.29, 0.717) is 10.9 Å². The van der Waals surface area contributed by atoms with Crippen molar-refractivity contribution in [2.45, 2.75) is 4.90 Å². The maximum Gasteiger partial charge on any atom is 0.359 e. The minimum atomic E-state index is -3.63. The maximum atomic E-state index is 12.2. The lowest BCUT2D eigenvalue weighted by Crippen LogP contribution is -2.23. The van der Waals surface area contributed by atoms with Crippen LogP contribution >= 0.6 is 0 Å². The van der Waals surface area contributed by atoms with Crippen LogP contribution in [0.3, 0.4) is 0 Å². The topological polar surface area (TPSA) is 121 Å². The highest BCUT2D eigenvalue weighted by Crippen LogP contribution is 2.18. The van der Waals surface area contributed by atoms with E-state index in [1.165, 1.54) is 38.4 Å². The first-order valence-corrected chi connectivity index (χ1v) is 9.66. The van der Waals surface area contributed by atoms with Crippen LogP contribution in [0, 0.1) is 0 Å². The van der Waals surface area contributed by atoms with Crippen LogP contribution in [-0.2, 0) is 19.6 Å². The number of fused-ring (bicyclic) bond motifs is 1. The van der Waals surface area contributed by atoms with Gasteiger partial charge in [-0.3, -0.25) is 9.89 Å². The largest absolute Gasteiger partial charge is 0.451 e. The molecule has 0 spiro atoms. The number of aromatic amines is 1. The number of sulfonamides is 1. The molecule has 0 aliphatic heterocycles. The van der Waals surface area contributed by atoms with Gasteiger partial charge < -0.3 is 10.1 Å². The summed E-state index contributed by atoms with van der Waals surface area (Å²) in [5, 5.41) is 9.72. The Morgan fingerprint density at radius 2 is 1.89 bits per heavy atom. The molecule has 0 aliphatic rings. The van der Waals surface area contributed by atoms with Crippen molar-refractivity contribution in [2.24, 2.45) is 0 Å². The van der Waals surface area contributed by atoms with Gasteiger partial charge in [-0.05, 0) is 24.3 Å². The summed E-state index contributed by atoms with van der Waals surface area (Å²) in [6.07, 6.45) is 0. The molecule has 1 amide bonds. The molecule has 0 bridgehead atoms. The number of hydrogen-bond acceptors (Lipinski definition) is 6. The minimum absolute atomic E-state index is 0.0373. The standard InChI is InChI=1S/C18H18N4O5S/c1-22(2)28(25,26)13-7-5-6-12(10-13)19-16(23)11-27-18(24)17-14-8-3-4-9-15(14)20-21-17/h3-10H,11H2,1-2H3,(H,19,23)(H,20,21). The first kappa shape index (κ1) is 19.5. The van der Waals surface area contributed by atoms with Crippen LogP contribution in [0.5, 0.6) is 0 Å². The molecule has 0 saturated heterocycles. The number of carbonyl (C=O) groups is 2. The van der Waals surface area contributed by atoms with Gasteiger partial charge in [-0.2, -0.15) is 5.10 Å². The number of rotatable bonds is 6. The third-order valence-electron chi connectivity index (χ3n) is 3.89. The predicted molar refractivity (Wildman–Crippen MR) is 102 cm³/mol. The number of nitrogens with one attached hydrogen (secondary N) is 2. The molecule has 2 N–H and O–H groups in total. The summed E-state index contributed by atoms with van der Waals surface area (Å²) in [5.74, 6) is -1.34. The van der Waals surface area contributed by atoms with Gasteiger partial charge in [-0.25, -0.2) is 17.5 Å². The fourth-order valence-corrected chi connectivity index (χ4v) is 3.41. The van der Waals surface area contributed by atoms with Crippen molar-refractivity contribution in [3.63, 3.8) is 0 Å². The van der Waals surface area contributed by atoms with Crippen LogP contribution in [0.1, 0.15) is 10.5 Å². The van der Waals surface area contributed by atoms with E-state index in [-0.39, 0.29) is 16.3 Å². The number of carbonyl (C=O) groups excluding carboxylic acids is 2. The Hall–Kier alpha value is -3.24. The monoisotopic (exact) mass is 402 g/mol. The van der Waals surface area contributed by atoms with Gasteiger partial charge in [0.25, 0.3) is 5.91 Å². The van der Waals surface area contributed by atoms with Crippen LogP contribution in [0.4, 0.5) is 5.69 Å². The Balaban J connectivity index is 1.64. The Bertz CT molecular complexity index is 1140. The van der Waals surface area contributed by atoms with Crippen molar-refractivity contribution >= 4 is 38.5 Å². The van der Waals surface area contributed by atoms with Crippen molar-refractivity contribution in [1.29, 1.82) is 0 Å². The van der Waals surface area contributed by atoms with E-state index in [1.54, 1.807) is 24.3 Å². The van der Waals surface area contributed by atoms with E-state index in [4.69, 9.17) is 4.74 Å². The van der Waals surface area contributed by atoms with Crippen molar-refractivity contribution in [2.75, 3.05) is 26.0 Å². The van der Waals surface area contributed by atoms with Gasteiger partial charge in [0.05, 0.1) is 10.4 Å². The second-order valence-corrected chi connectivity index (χ2v) is 8.21. The number of nitrogens with zero attached hydrogens (tertiary/aromatic N) is 2. The zero-order valence-electron chi connectivity index (χ0n) is 15.2. The van der Waals surface area contributed by atoms with Crippen LogP contribution < -0.4 is 5.32 Å². The van der Waals surface area contributed by atoms with Gasteiger partial charge >= 0.3 is 5.97 Å². The van der Waals surface area contributed by atoms with Crippen LogP contribution in [0.25, 0.3) is 10.9 Å². The SMILES string of the molecule is CN(C)S(=O)(=O)c1cccc(NC(=O)COC(=O)c2n[nH]c3ccccc23)c1. The molecule has 2 aromatic carbocycles. The Kier molecular flexibility index (Phi) is 5.43. The quantitative estimate of drug-likeness (QED) is 0.604. The van der Waals surface area contributed by atoms with Crippen LogP contribution in [0.15, 0.2) is 53.4 Å². The summed E-state index contributed by atoms with van der Waals surface area (Å²) in [5.41, 5.74) is 1.04. The van der Waals surface area contributed by atoms with E-state index in [9.17, 15) is 18.0 Å². The summed E-state index contributed by atoms with van der Waals surface area (Å²) in [4.78, 5) is 24.3. The smallest absolute Gasteiger partial charge is 0.359 e. The molecule has 0 aliphatic carbocycles. The number of esters is 1. The van der Waals surface area contributed by atoms with Gasteiger partial charge in [0.15, 0.2) is 12.3 Å². The van der Waals surface area contributed by atoms with Gasteiger partial charge in [-0.15, -0.1) is 0 Å². The van der Waals surface area contributed by atoms with Crippen LogP contribution in [-0.4, -0.2) is 55.5 Å². The second-order valence-electron chi connectivity index (χ2n) is 6.06. The predicted octanol–water partition coefficient (Wildman–Crippen LogP) is 1.61. The average molecular weight is 402 g/mol. The summed E-state index contributed by atoms with van der Waals surface area (Å²) in [6.45, 7) is -0.537. The van der Waals surface area contributed by atoms with Crippen molar-refractivity contribution < 1.29 is 22.7 Å². The fourth-order valence-electron chi connectivity index (χ4n) is 2.46. The second kappa shape index (κ2) is 7.79. The summed E-state index contributed by atoms with van der Waals surface area (Å²) < 4.78 is 30.4. The molecule has 10 heteroatoms. The van der Waals surface area contributed by atoms with Gasteiger partial charge in [-0.1, -0.05) is 24.3 Å². The van der Waals surface area contributed by atoms with E-state index in [0.717, 1.165) is 4.31 Å². The lowest BCUT2D eigenvalue weighted by molar-refractivity contribution is -0.119. The molecule has 0 atom stereocenters. The van der Waals surface area contributed by atoms with E-state index in [1.807, 2.05) is 0 Å². The molecule has 3 aromatic rings. The number of H-pyrrole nitrogens is 1. The highest BCUT2D eigenvalue weighted by Gasteiger charge is 2.19. The van der Waals surface area contributed by atoms with E-state index in [2.05, 4.69) is 15.5 Å². The van der Waals surface area contributed by atoms with Gasteiger partial charge in [0, 0.05) is 25.2 Å². The van der Waals surface area contributed by atoms with E-state index >= 15 is 0 Å². The number of hydrogen-bond donors (Lipinski definition) is 2. The summed E-state index contributed by atoms with van der Waals surface area (Å²) in [6, 6.07) is 12.8. The normalized spacial score (nSPS) is 11.5. The lowest BCUT2D eigenvalue weighted by Gasteiger charge is -2.12. The number of amides is 1. The first-order chi connectivity index (χ1) is 13.3. The van der Waals surface area contributed by atoms with Crippen molar-refractivity contribution in [3.05, 3.63) is 54.2 Å². The minimum Gasteiger partial charge on any atom is -0.451 e. The number of aromatic nitrogens is 2. The summed E-state index contributed by atoms with van der Waals surface area (Å²) in [7, 11) is -0.795.